The molecule has 6 heteroatoms. The number of ether oxygens (including phenoxy) is 1. The van der Waals surface area contributed by atoms with Crippen molar-refractivity contribution in [2.45, 2.75) is 38.6 Å². The monoisotopic (exact) mass is 265 g/mol. The lowest BCUT2D eigenvalue weighted by Crippen LogP contribution is -2.55. The molecule has 104 valence electrons. The molecule has 1 N–H and O–H groups in total. The number of nitrogens with zero attached hydrogens (tertiary/aromatic N) is 3. The van der Waals surface area contributed by atoms with Gasteiger partial charge in [0, 0.05) is 12.6 Å². The molecule has 1 fully saturated rings. The topological polar surface area (TPSA) is 75.5 Å². The number of carbonyl (C=O) groups is 1. The highest BCUT2D eigenvalue weighted by molar-refractivity contribution is 5.83. The van der Waals surface area contributed by atoms with Gasteiger partial charge in [-0.1, -0.05) is 0 Å². The number of aryl methyl sites for hydroxylation is 1. The predicted molar refractivity (Wildman–Crippen MR) is 70.6 cm³/mol. The van der Waals surface area contributed by atoms with Crippen LogP contribution in [0.15, 0.2) is 6.07 Å². The molecule has 0 amide bonds. The first kappa shape index (κ1) is 13.6. The van der Waals surface area contributed by atoms with E-state index >= 15 is 0 Å². The molecule has 2 heterocycles. The summed E-state index contributed by atoms with van der Waals surface area (Å²) < 4.78 is 5.13. The third kappa shape index (κ3) is 2.47. The molecule has 0 aromatic carbocycles. The number of hydrogen-bond donors (Lipinski definition) is 1. The lowest BCUT2D eigenvalue weighted by Gasteiger charge is -2.42. The van der Waals surface area contributed by atoms with Gasteiger partial charge in [0.2, 0.25) is 5.88 Å². The highest BCUT2D eigenvalue weighted by Crippen LogP contribution is 2.33. The maximum atomic E-state index is 11.6. The average molecular weight is 265 g/mol. The molecule has 6 nitrogen and oxygen atoms in total. The summed E-state index contributed by atoms with van der Waals surface area (Å²) in [6.45, 7) is 4.20. The molecular formula is C13H19N3O3. The van der Waals surface area contributed by atoms with Crippen molar-refractivity contribution >= 4 is 11.8 Å². The van der Waals surface area contributed by atoms with Crippen LogP contribution in [0, 0.1) is 6.92 Å². The fraction of sp³-hybridized carbons (Fsp3) is 0.615. The van der Waals surface area contributed by atoms with Crippen molar-refractivity contribution in [3.05, 3.63) is 11.9 Å². The molecule has 0 bridgehead atoms. The second-order valence-electron chi connectivity index (χ2n) is 5.00. The van der Waals surface area contributed by atoms with Gasteiger partial charge < -0.3 is 14.7 Å². The largest absolute Gasteiger partial charge is 0.481 e. The number of methoxy groups -OCH3 is 1. The summed E-state index contributed by atoms with van der Waals surface area (Å²) in [4.78, 5) is 21.9. The van der Waals surface area contributed by atoms with Crippen LogP contribution >= 0.6 is 0 Å². The van der Waals surface area contributed by atoms with E-state index in [0.717, 1.165) is 12.8 Å². The minimum atomic E-state index is -0.913. The fourth-order valence-electron chi connectivity index (χ4n) is 2.48. The smallest absolute Gasteiger partial charge is 0.329 e. The van der Waals surface area contributed by atoms with E-state index in [4.69, 9.17) is 4.74 Å². The van der Waals surface area contributed by atoms with Gasteiger partial charge in [0.15, 0.2) is 0 Å². The normalized spacial score (nSPS) is 23.2. The third-order valence-corrected chi connectivity index (χ3v) is 3.64. The van der Waals surface area contributed by atoms with Crippen LogP contribution in [-0.2, 0) is 4.79 Å². The third-order valence-electron chi connectivity index (χ3n) is 3.64. The Balaban J connectivity index is 2.43. The van der Waals surface area contributed by atoms with Crippen molar-refractivity contribution in [1.82, 2.24) is 9.97 Å². The van der Waals surface area contributed by atoms with E-state index < -0.39 is 11.5 Å². The molecule has 0 aliphatic carbocycles. The van der Waals surface area contributed by atoms with Gasteiger partial charge in [0.05, 0.1) is 7.11 Å². The van der Waals surface area contributed by atoms with Gasteiger partial charge in [-0.05, 0) is 33.1 Å². The van der Waals surface area contributed by atoms with Gasteiger partial charge in [-0.3, -0.25) is 0 Å². The number of aliphatic carboxylic acids is 1. The molecule has 19 heavy (non-hydrogen) atoms. The molecule has 1 aromatic heterocycles. The van der Waals surface area contributed by atoms with E-state index in [1.165, 1.54) is 7.11 Å². The van der Waals surface area contributed by atoms with Gasteiger partial charge in [0.1, 0.15) is 17.2 Å². The Kier molecular flexibility index (Phi) is 3.59. The lowest BCUT2D eigenvalue weighted by molar-refractivity contribution is -0.143. The Morgan fingerprint density at radius 2 is 2.21 bits per heavy atom. The molecule has 0 saturated carbocycles. The Labute approximate surface area is 112 Å². The van der Waals surface area contributed by atoms with Crippen molar-refractivity contribution < 1.29 is 14.6 Å². The summed E-state index contributed by atoms with van der Waals surface area (Å²) in [5.74, 6) is 0.838. The molecule has 2 rings (SSSR count). The predicted octanol–water partition coefficient (Wildman–Crippen LogP) is 1.63. The van der Waals surface area contributed by atoms with Crippen LogP contribution in [-0.4, -0.2) is 40.2 Å². The van der Waals surface area contributed by atoms with Gasteiger partial charge in [-0.15, -0.1) is 0 Å². The molecule has 0 spiro atoms. The molecule has 1 aromatic rings. The number of rotatable bonds is 3. The van der Waals surface area contributed by atoms with Crippen LogP contribution in [0.4, 0.5) is 5.82 Å². The fourth-order valence-corrected chi connectivity index (χ4v) is 2.48. The van der Waals surface area contributed by atoms with E-state index in [0.29, 0.717) is 30.5 Å². The van der Waals surface area contributed by atoms with Gasteiger partial charge in [-0.25, -0.2) is 9.78 Å². The summed E-state index contributed by atoms with van der Waals surface area (Å²) in [6, 6.07) is 1.69. The first-order valence-corrected chi connectivity index (χ1v) is 6.38. The summed E-state index contributed by atoms with van der Waals surface area (Å²) in [5.41, 5.74) is -0.913. The van der Waals surface area contributed by atoms with Crippen LogP contribution in [0.25, 0.3) is 0 Å². The standard InChI is InChI=1S/C13H19N3O3/c1-9-14-10(8-11(15-9)19-3)16-7-5-4-6-13(16,2)12(17)18/h8H,4-7H2,1-3H3,(H,17,18). The quantitative estimate of drug-likeness (QED) is 0.895. The summed E-state index contributed by atoms with van der Waals surface area (Å²) >= 11 is 0. The zero-order valence-electron chi connectivity index (χ0n) is 11.5. The molecule has 1 aliphatic heterocycles. The molecule has 1 unspecified atom stereocenters. The molecule has 1 aliphatic rings. The van der Waals surface area contributed by atoms with E-state index in [2.05, 4.69) is 9.97 Å². The van der Waals surface area contributed by atoms with Crippen molar-refractivity contribution in [2.24, 2.45) is 0 Å². The number of hydrogen-bond acceptors (Lipinski definition) is 5. The van der Waals surface area contributed by atoms with Crippen molar-refractivity contribution in [2.75, 3.05) is 18.6 Å². The van der Waals surface area contributed by atoms with Crippen molar-refractivity contribution in [3.8, 4) is 5.88 Å². The van der Waals surface area contributed by atoms with Crippen LogP contribution < -0.4 is 9.64 Å². The average Bonchev–Trinajstić information content (AvgIpc) is 2.38. The van der Waals surface area contributed by atoms with Gasteiger partial charge >= 0.3 is 5.97 Å². The second-order valence-corrected chi connectivity index (χ2v) is 5.00. The first-order valence-electron chi connectivity index (χ1n) is 6.38. The zero-order chi connectivity index (χ0) is 14.0. The van der Waals surface area contributed by atoms with Crippen molar-refractivity contribution in [3.63, 3.8) is 0 Å². The molecular weight excluding hydrogens is 246 g/mol. The van der Waals surface area contributed by atoms with E-state index in [1.807, 2.05) is 4.90 Å². The van der Waals surface area contributed by atoms with E-state index in [9.17, 15) is 9.90 Å². The highest BCUT2D eigenvalue weighted by Gasteiger charge is 2.42. The summed E-state index contributed by atoms with van der Waals surface area (Å²) in [6.07, 6.45) is 2.50. The molecule has 0 radical (unpaired) electrons. The first-order chi connectivity index (χ1) is 8.97. The van der Waals surface area contributed by atoms with Gasteiger partial charge in [-0.2, -0.15) is 4.98 Å². The lowest BCUT2D eigenvalue weighted by atomic mass is 9.88. The van der Waals surface area contributed by atoms with Crippen LogP contribution in [0.3, 0.4) is 0 Å². The van der Waals surface area contributed by atoms with E-state index in [1.54, 1.807) is 19.9 Å². The summed E-state index contributed by atoms with van der Waals surface area (Å²) in [5, 5.41) is 9.51. The summed E-state index contributed by atoms with van der Waals surface area (Å²) in [7, 11) is 1.54. The van der Waals surface area contributed by atoms with Crippen LogP contribution in [0.2, 0.25) is 0 Å². The molecule has 1 atom stereocenters. The molecule has 1 saturated heterocycles. The number of aromatic nitrogens is 2. The van der Waals surface area contributed by atoms with Crippen LogP contribution in [0.5, 0.6) is 5.88 Å². The Bertz CT molecular complexity index is 492. The SMILES string of the molecule is COc1cc(N2CCCCC2(C)C(=O)O)nc(C)n1. The second kappa shape index (κ2) is 5.03. The number of piperidine rings is 1. The Morgan fingerprint density at radius 1 is 1.47 bits per heavy atom. The zero-order valence-corrected chi connectivity index (χ0v) is 11.5. The number of anilines is 1. The van der Waals surface area contributed by atoms with Crippen molar-refractivity contribution in [1.29, 1.82) is 0 Å². The minimum Gasteiger partial charge on any atom is -0.481 e. The highest BCUT2D eigenvalue weighted by atomic mass is 16.5. The minimum absolute atomic E-state index is 0.459. The number of carboxylic acid groups (broad SMARTS) is 1. The maximum Gasteiger partial charge on any atom is 0.329 e. The maximum absolute atomic E-state index is 11.6. The Hall–Kier alpha value is -1.85. The van der Waals surface area contributed by atoms with Crippen LogP contribution in [0.1, 0.15) is 32.0 Å². The van der Waals surface area contributed by atoms with Gasteiger partial charge in [0.25, 0.3) is 0 Å². The van der Waals surface area contributed by atoms with E-state index in [-0.39, 0.29) is 0 Å². The Morgan fingerprint density at radius 3 is 2.84 bits per heavy atom. The number of carboxylic acids is 1.